The van der Waals surface area contributed by atoms with Gasteiger partial charge in [-0.1, -0.05) is 23.7 Å². The van der Waals surface area contributed by atoms with E-state index in [1.54, 1.807) is 12.1 Å². The molecule has 1 aliphatic rings. The normalized spacial score (nSPS) is 17.9. The molecule has 1 aromatic rings. The van der Waals surface area contributed by atoms with Crippen LogP contribution in [-0.2, 0) is 0 Å². The summed E-state index contributed by atoms with van der Waals surface area (Å²) >= 11 is 5.89. The third-order valence-electron chi connectivity index (χ3n) is 3.40. The SMILES string of the molecule is CN1CCN(CCC(=O)c2cccc(Cl)c2)CC1. The van der Waals surface area contributed by atoms with Crippen LogP contribution in [0.15, 0.2) is 24.3 Å². The number of likely N-dealkylation sites (N-methyl/N-ethyl adjacent to an activating group) is 1. The molecule has 0 N–H and O–H groups in total. The summed E-state index contributed by atoms with van der Waals surface area (Å²) in [6.07, 6.45) is 0.573. The molecule has 1 aliphatic heterocycles. The summed E-state index contributed by atoms with van der Waals surface area (Å²) in [6, 6.07) is 7.19. The topological polar surface area (TPSA) is 23.6 Å². The molecule has 0 aromatic heterocycles. The van der Waals surface area contributed by atoms with E-state index in [-0.39, 0.29) is 5.78 Å². The minimum Gasteiger partial charge on any atom is -0.304 e. The van der Waals surface area contributed by atoms with Crippen LogP contribution in [0.1, 0.15) is 16.8 Å². The summed E-state index contributed by atoms with van der Waals surface area (Å²) in [5.74, 6) is 0.177. The first-order chi connectivity index (χ1) is 8.65. The number of nitrogens with zero attached hydrogens (tertiary/aromatic N) is 2. The van der Waals surface area contributed by atoms with E-state index in [9.17, 15) is 4.79 Å². The van der Waals surface area contributed by atoms with Crippen molar-refractivity contribution in [3.8, 4) is 0 Å². The van der Waals surface area contributed by atoms with Crippen LogP contribution in [0.3, 0.4) is 0 Å². The minimum atomic E-state index is 0.177. The molecule has 0 radical (unpaired) electrons. The second-order valence-corrected chi connectivity index (χ2v) is 5.26. The van der Waals surface area contributed by atoms with Crippen molar-refractivity contribution in [3.05, 3.63) is 34.9 Å². The van der Waals surface area contributed by atoms with Crippen molar-refractivity contribution in [2.24, 2.45) is 0 Å². The number of ketones is 1. The summed E-state index contributed by atoms with van der Waals surface area (Å²) in [6.45, 7) is 5.13. The number of piperazine rings is 1. The van der Waals surface area contributed by atoms with Crippen molar-refractivity contribution in [2.75, 3.05) is 39.8 Å². The second-order valence-electron chi connectivity index (χ2n) is 4.83. The second kappa shape index (κ2) is 6.32. The quantitative estimate of drug-likeness (QED) is 0.781. The molecule has 0 bridgehead atoms. The number of Topliss-reactive ketones (excluding diaryl/α,β-unsaturated/α-hetero) is 1. The molecular weight excluding hydrogens is 248 g/mol. The summed E-state index contributed by atoms with van der Waals surface area (Å²) in [4.78, 5) is 16.7. The van der Waals surface area contributed by atoms with Crippen LogP contribution in [0.2, 0.25) is 5.02 Å². The van der Waals surface area contributed by atoms with Crippen molar-refractivity contribution >= 4 is 17.4 Å². The van der Waals surface area contributed by atoms with Gasteiger partial charge in [-0.2, -0.15) is 0 Å². The Labute approximate surface area is 113 Å². The van der Waals surface area contributed by atoms with E-state index >= 15 is 0 Å². The molecule has 0 saturated carbocycles. The molecule has 98 valence electrons. The van der Waals surface area contributed by atoms with Gasteiger partial charge in [0.05, 0.1) is 0 Å². The lowest BCUT2D eigenvalue weighted by molar-refractivity contribution is 0.0942. The highest BCUT2D eigenvalue weighted by Gasteiger charge is 2.15. The molecule has 0 atom stereocenters. The van der Waals surface area contributed by atoms with Crippen LogP contribution in [0, 0.1) is 0 Å². The number of hydrogen-bond donors (Lipinski definition) is 0. The fourth-order valence-corrected chi connectivity index (χ4v) is 2.33. The fourth-order valence-electron chi connectivity index (χ4n) is 2.14. The van der Waals surface area contributed by atoms with Crippen molar-refractivity contribution in [2.45, 2.75) is 6.42 Å². The largest absolute Gasteiger partial charge is 0.304 e. The van der Waals surface area contributed by atoms with Crippen molar-refractivity contribution in [1.29, 1.82) is 0 Å². The van der Waals surface area contributed by atoms with Gasteiger partial charge in [-0.3, -0.25) is 4.79 Å². The number of benzene rings is 1. The van der Waals surface area contributed by atoms with E-state index in [0.29, 0.717) is 11.4 Å². The van der Waals surface area contributed by atoms with Gasteiger partial charge in [-0.25, -0.2) is 0 Å². The minimum absolute atomic E-state index is 0.177. The molecule has 1 aromatic carbocycles. The highest BCUT2D eigenvalue weighted by atomic mass is 35.5. The monoisotopic (exact) mass is 266 g/mol. The Morgan fingerprint density at radius 2 is 2.00 bits per heavy atom. The zero-order valence-corrected chi connectivity index (χ0v) is 11.5. The van der Waals surface area contributed by atoms with E-state index in [1.165, 1.54) is 0 Å². The molecule has 0 spiro atoms. The number of rotatable bonds is 4. The Hall–Kier alpha value is -0.900. The molecule has 4 heteroatoms. The third-order valence-corrected chi connectivity index (χ3v) is 3.63. The summed E-state index contributed by atoms with van der Waals surface area (Å²) in [5.41, 5.74) is 0.719. The highest BCUT2D eigenvalue weighted by Crippen LogP contribution is 2.12. The Kier molecular flexibility index (Phi) is 4.75. The number of carbonyl (C=O) groups excluding carboxylic acids is 1. The molecule has 0 aliphatic carbocycles. The van der Waals surface area contributed by atoms with Crippen LogP contribution in [0.5, 0.6) is 0 Å². The van der Waals surface area contributed by atoms with E-state index in [1.807, 2.05) is 12.1 Å². The Morgan fingerprint density at radius 3 is 2.67 bits per heavy atom. The molecule has 2 rings (SSSR count). The van der Waals surface area contributed by atoms with E-state index in [0.717, 1.165) is 38.3 Å². The van der Waals surface area contributed by atoms with Gasteiger partial charge in [0.1, 0.15) is 0 Å². The van der Waals surface area contributed by atoms with E-state index in [4.69, 9.17) is 11.6 Å². The summed E-state index contributed by atoms with van der Waals surface area (Å²) in [5, 5.41) is 0.625. The van der Waals surface area contributed by atoms with Crippen LogP contribution in [0.4, 0.5) is 0 Å². The maximum atomic E-state index is 12.0. The number of hydrogen-bond acceptors (Lipinski definition) is 3. The fraction of sp³-hybridized carbons (Fsp3) is 0.500. The van der Waals surface area contributed by atoms with Crippen LogP contribution in [0.25, 0.3) is 0 Å². The summed E-state index contributed by atoms with van der Waals surface area (Å²) in [7, 11) is 2.13. The maximum Gasteiger partial charge on any atom is 0.164 e. The predicted octanol–water partition coefficient (Wildman–Crippen LogP) is 2.16. The zero-order valence-electron chi connectivity index (χ0n) is 10.7. The summed E-state index contributed by atoms with van der Waals surface area (Å²) < 4.78 is 0. The average molecular weight is 267 g/mol. The highest BCUT2D eigenvalue weighted by molar-refractivity contribution is 6.31. The molecule has 1 saturated heterocycles. The van der Waals surface area contributed by atoms with Gasteiger partial charge in [0.25, 0.3) is 0 Å². The van der Waals surface area contributed by atoms with Crippen molar-refractivity contribution in [3.63, 3.8) is 0 Å². The van der Waals surface area contributed by atoms with E-state index < -0.39 is 0 Å². The number of carbonyl (C=O) groups is 1. The third kappa shape index (κ3) is 3.80. The Balaban J connectivity index is 1.81. The first-order valence-electron chi connectivity index (χ1n) is 6.35. The van der Waals surface area contributed by atoms with Crippen LogP contribution >= 0.6 is 11.6 Å². The predicted molar refractivity (Wildman–Crippen MR) is 74.3 cm³/mol. The Bertz CT molecular complexity index is 414. The van der Waals surface area contributed by atoms with Gasteiger partial charge in [0, 0.05) is 49.7 Å². The molecule has 0 unspecified atom stereocenters. The zero-order chi connectivity index (χ0) is 13.0. The van der Waals surface area contributed by atoms with Gasteiger partial charge in [-0.05, 0) is 19.2 Å². The van der Waals surface area contributed by atoms with Gasteiger partial charge in [-0.15, -0.1) is 0 Å². The number of halogens is 1. The van der Waals surface area contributed by atoms with Gasteiger partial charge in [0.2, 0.25) is 0 Å². The first kappa shape index (κ1) is 13.5. The van der Waals surface area contributed by atoms with Crippen molar-refractivity contribution < 1.29 is 4.79 Å². The average Bonchev–Trinajstić information content (AvgIpc) is 2.38. The lowest BCUT2D eigenvalue weighted by atomic mass is 10.1. The molecule has 1 fully saturated rings. The van der Waals surface area contributed by atoms with Gasteiger partial charge < -0.3 is 9.80 Å². The standard InChI is InChI=1S/C14H19ClN2O/c1-16-7-9-17(10-8-16)6-5-14(18)12-3-2-4-13(15)11-12/h2-4,11H,5-10H2,1H3. The smallest absolute Gasteiger partial charge is 0.164 e. The molecule has 18 heavy (non-hydrogen) atoms. The molecule has 3 nitrogen and oxygen atoms in total. The lowest BCUT2D eigenvalue weighted by Crippen LogP contribution is -2.45. The van der Waals surface area contributed by atoms with Crippen LogP contribution < -0.4 is 0 Å². The lowest BCUT2D eigenvalue weighted by Gasteiger charge is -2.32. The van der Waals surface area contributed by atoms with Crippen molar-refractivity contribution in [1.82, 2.24) is 9.80 Å². The maximum absolute atomic E-state index is 12.0. The van der Waals surface area contributed by atoms with Gasteiger partial charge >= 0.3 is 0 Å². The molecule has 0 amide bonds. The molecule has 1 heterocycles. The first-order valence-corrected chi connectivity index (χ1v) is 6.72. The van der Waals surface area contributed by atoms with E-state index in [2.05, 4.69) is 16.8 Å². The Morgan fingerprint density at radius 1 is 1.28 bits per heavy atom. The van der Waals surface area contributed by atoms with Gasteiger partial charge in [0.15, 0.2) is 5.78 Å². The van der Waals surface area contributed by atoms with Crippen LogP contribution in [-0.4, -0.2) is 55.4 Å². The molecular formula is C14H19ClN2O.